The molecule has 5 nitrogen and oxygen atoms in total. The molecule has 1 saturated heterocycles. The van der Waals surface area contributed by atoms with E-state index in [0.29, 0.717) is 39.1 Å². The Morgan fingerprint density at radius 1 is 1.33 bits per heavy atom. The number of carbonyl (C=O) groups excluding carboxylic acids is 2. The average Bonchev–Trinajstić information content (AvgIpc) is 2.86. The lowest BCUT2D eigenvalue weighted by atomic mass is 9.97. The standard InChI is InChI=1S/C19H28N2O3/c1-4-24-13-5-12-20-18(23)19(3)11-10-17(22)21(19)14-16-8-6-15(2)7-9-16/h6-9H,4-5,10-14H2,1-3H3,(H,20,23)/t19-/m1/s1. The molecule has 132 valence electrons. The van der Waals surface area contributed by atoms with E-state index < -0.39 is 5.54 Å². The van der Waals surface area contributed by atoms with Crippen LogP contribution in [0.4, 0.5) is 0 Å². The normalized spacial score (nSPS) is 20.5. The van der Waals surface area contributed by atoms with Crippen LogP contribution in [0.1, 0.15) is 44.2 Å². The first kappa shape index (κ1) is 18.5. The molecule has 0 saturated carbocycles. The Morgan fingerprint density at radius 3 is 2.71 bits per heavy atom. The van der Waals surface area contributed by atoms with Crippen molar-refractivity contribution in [2.24, 2.45) is 0 Å². The molecule has 1 aromatic rings. The molecule has 2 rings (SSSR count). The van der Waals surface area contributed by atoms with E-state index in [1.807, 2.05) is 45.0 Å². The van der Waals surface area contributed by atoms with Gasteiger partial charge in [0.05, 0.1) is 0 Å². The van der Waals surface area contributed by atoms with Crippen molar-refractivity contribution in [1.82, 2.24) is 10.2 Å². The third kappa shape index (κ3) is 4.35. The first-order valence-electron chi connectivity index (χ1n) is 8.69. The first-order chi connectivity index (χ1) is 11.5. The van der Waals surface area contributed by atoms with Crippen LogP contribution < -0.4 is 5.32 Å². The topological polar surface area (TPSA) is 58.6 Å². The highest BCUT2D eigenvalue weighted by Crippen LogP contribution is 2.32. The number of hydrogen-bond acceptors (Lipinski definition) is 3. The van der Waals surface area contributed by atoms with Gasteiger partial charge in [0.25, 0.3) is 0 Å². The maximum absolute atomic E-state index is 12.7. The molecule has 0 bridgehead atoms. The number of hydrogen-bond donors (Lipinski definition) is 1. The molecule has 5 heteroatoms. The minimum absolute atomic E-state index is 0.0440. The number of aryl methyl sites for hydroxylation is 1. The second-order valence-corrected chi connectivity index (χ2v) is 6.55. The molecule has 1 fully saturated rings. The first-order valence-corrected chi connectivity index (χ1v) is 8.69. The van der Waals surface area contributed by atoms with E-state index in [4.69, 9.17) is 4.74 Å². The summed E-state index contributed by atoms with van der Waals surface area (Å²) in [5.74, 6) is -0.0282. The van der Waals surface area contributed by atoms with E-state index in [1.54, 1.807) is 4.90 Å². The third-order valence-electron chi connectivity index (χ3n) is 4.63. The average molecular weight is 332 g/mol. The van der Waals surface area contributed by atoms with E-state index in [1.165, 1.54) is 5.56 Å². The zero-order valence-corrected chi connectivity index (χ0v) is 14.9. The highest BCUT2D eigenvalue weighted by atomic mass is 16.5. The van der Waals surface area contributed by atoms with Crippen LogP contribution in [-0.4, -0.2) is 42.0 Å². The van der Waals surface area contributed by atoms with E-state index in [9.17, 15) is 9.59 Å². The van der Waals surface area contributed by atoms with Gasteiger partial charge in [0.15, 0.2) is 0 Å². The largest absolute Gasteiger partial charge is 0.382 e. The minimum Gasteiger partial charge on any atom is -0.382 e. The Bertz CT molecular complexity index is 570. The molecule has 2 amide bonds. The number of likely N-dealkylation sites (tertiary alicyclic amines) is 1. The predicted octanol–water partition coefficient (Wildman–Crippen LogP) is 2.42. The molecule has 1 heterocycles. The van der Waals surface area contributed by atoms with Crippen molar-refractivity contribution in [2.45, 2.75) is 52.1 Å². The van der Waals surface area contributed by atoms with Crippen LogP contribution in [0.25, 0.3) is 0 Å². The fraction of sp³-hybridized carbons (Fsp3) is 0.579. The summed E-state index contributed by atoms with van der Waals surface area (Å²) in [6.45, 7) is 8.22. The molecule has 0 aromatic heterocycles. The molecular formula is C19H28N2O3. The van der Waals surface area contributed by atoms with E-state index in [-0.39, 0.29) is 11.8 Å². The molecular weight excluding hydrogens is 304 g/mol. The van der Waals surface area contributed by atoms with Crippen molar-refractivity contribution in [3.63, 3.8) is 0 Å². The van der Waals surface area contributed by atoms with Gasteiger partial charge in [-0.1, -0.05) is 29.8 Å². The highest BCUT2D eigenvalue weighted by Gasteiger charge is 2.46. The second kappa shape index (κ2) is 8.29. The molecule has 1 N–H and O–H groups in total. The molecule has 0 unspecified atom stereocenters. The Balaban J connectivity index is 1.98. The van der Waals surface area contributed by atoms with Crippen molar-refractivity contribution < 1.29 is 14.3 Å². The van der Waals surface area contributed by atoms with E-state index >= 15 is 0 Å². The summed E-state index contributed by atoms with van der Waals surface area (Å²) in [5.41, 5.74) is 1.46. The third-order valence-corrected chi connectivity index (χ3v) is 4.63. The molecule has 1 aliphatic heterocycles. The number of benzene rings is 1. The van der Waals surface area contributed by atoms with Crippen molar-refractivity contribution in [2.75, 3.05) is 19.8 Å². The lowest BCUT2D eigenvalue weighted by Gasteiger charge is -2.34. The summed E-state index contributed by atoms with van der Waals surface area (Å²) in [5, 5.41) is 2.96. The van der Waals surface area contributed by atoms with Crippen LogP contribution in [0.3, 0.4) is 0 Å². The maximum Gasteiger partial charge on any atom is 0.245 e. The molecule has 0 spiro atoms. The highest BCUT2D eigenvalue weighted by molar-refractivity contribution is 5.94. The summed E-state index contributed by atoms with van der Waals surface area (Å²) in [6, 6.07) is 8.09. The monoisotopic (exact) mass is 332 g/mol. The number of ether oxygens (including phenoxy) is 1. The van der Waals surface area contributed by atoms with Crippen molar-refractivity contribution in [1.29, 1.82) is 0 Å². The minimum atomic E-state index is -0.770. The Hall–Kier alpha value is -1.88. The Kier molecular flexibility index (Phi) is 6.37. The summed E-state index contributed by atoms with van der Waals surface area (Å²) >= 11 is 0. The zero-order chi connectivity index (χ0) is 17.6. The lowest BCUT2D eigenvalue weighted by molar-refractivity contribution is -0.141. The molecule has 1 aromatic carbocycles. The SMILES string of the molecule is CCOCCCNC(=O)[C@@]1(C)CCC(=O)N1Cc1ccc(C)cc1. The van der Waals surface area contributed by atoms with Gasteiger partial charge in [-0.15, -0.1) is 0 Å². The predicted molar refractivity (Wildman–Crippen MR) is 93.5 cm³/mol. The van der Waals surface area contributed by atoms with Gasteiger partial charge in [-0.2, -0.15) is 0 Å². The number of amides is 2. The van der Waals surface area contributed by atoms with Crippen molar-refractivity contribution >= 4 is 11.8 Å². The van der Waals surface area contributed by atoms with Gasteiger partial charge in [-0.25, -0.2) is 0 Å². The number of rotatable bonds is 8. The molecule has 24 heavy (non-hydrogen) atoms. The van der Waals surface area contributed by atoms with Gasteiger partial charge < -0.3 is 15.0 Å². The van der Waals surface area contributed by atoms with Crippen LogP contribution in [0.5, 0.6) is 0 Å². The molecule has 1 atom stereocenters. The second-order valence-electron chi connectivity index (χ2n) is 6.55. The number of nitrogens with zero attached hydrogens (tertiary/aromatic N) is 1. The summed E-state index contributed by atoms with van der Waals surface area (Å²) < 4.78 is 5.28. The molecule has 0 aliphatic carbocycles. The van der Waals surface area contributed by atoms with Crippen LogP contribution in [0, 0.1) is 6.92 Å². The Labute approximate surface area is 144 Å². The Morgan fingerprint density at radius 2 is 2.04 bits per heavy atom. The lowest BCUT2D eigenvalue weighted by Crippen LogP contribution is -2.54. The number of carbonyl (C=O) groups is 2. The summed E-state index contributed by atoms with van der Waals surface area (Å²) in [6.07, 6.45) is 1.77. The van der Waals surface area contributed by atoms with Crippen LogP contribution >= 0.6 is 0 Å². The van der Waals surface area contributed by atoms with Crippen LogP contribution in [0.2, 0.25) is 0 Å². The van der Waals surface area contributed by atoms with Gasteiger partial charge in [0.2, 0.25) is 11.8 Å². The summed E-state index contributed by atoms with van der Waals surface area (Å²) in [7, 11) is 0. The van der Waals surface area contributed by atoms with Crippen LogP contribution in [0.15, 0.2) is 24.3 Å². The van der Waals surface area contributed by atoms with E-state index in [2.05, 4.69) is 5.32 Å². The fourth-order valence-corrected chi connectivity index (χ4v) is 2.98. The number of nitrogens with one attached hydrogen (secondary N) is 1. The zero-order valence-electron chi connectivity index (χ0n) is 14.9. The van der Waals surface area contributed by atoms with E-state index in [0.717, 1.165) is 12.0 Å². The molecule has 0 radical (unpaired) electrons. The molecule has 1 aliphatic rings. The van der Waals surface area contributed by atoms with Crippen LogP contribution in [-0.2, 0) is 20.9 Å². The summed E-state index contributed by atoms with van der Waals surface area (Å²) in [4.78, 5) is 26.7. The van der Waals surface area contributed by atoms with Gasteiger partial charge in [-0.3, -0.25) is 9.59 Å². The maximum atomic E-state index is 12.7. The smallest absolute Gasteiger partial charge is 0.245 e. The van der Waals surface area contributed by atoms with Crippen molar-refractivity contribution in [3.05, 3.63) is 35.4 Å². The van der Waals surface area contributed by atoms with Gasteiger partial charge in [0, 0.05) is 32.7 Å². The van der Waals surface area contributed by atoms with Gasteiger partial charge in [0.1, 0.15) is 5.54 Å². The van der Waals surface area contributed by atoms with Gasteiger partial charge >= 0.3 is 0 Å². The fourth-order valence-electron chi connectivity index (χ4n) is 2.98. The quantitative estimate of drug-likeness (QED) is 0.744. The van der Waals surface area contributed by atoms with Gasteiger partial charge in [-0.05, 0) is 39.2 Å². The van der Waals surface area contributed by atoms with Crippen molar-refractivity contribution in [3.8, 4) is 0 Å².